The topological polar surface area (TPSA) is 146 Å². The van der Waals surface area contributed by atoms with Crippen molar-refractivity contribution in [2.45, 2.75) is 19.3 Å². The van der Waals surface area contributed by atoms with Crippen LogP contribution in [-0.4, -0.2) is 32.0 Å². The van der Waals surface area contributed by atoms with E-state index in [9.17, 15) is 9.59 Å². The van der Waals surface area contributed by atoms with Crippen LogP contribution in [0.25, 0.3) is 11.3 Å². The van der Waals surface area contributed by atoms with Gasteiger partial charge in [-0.15, -0.1) is 0 Å². The van der Waals surface area contributed by atoms with Gasteiger partial charge in [-0.2, -0.15) is 4.99 Å². The van der Waals surface area contributed by atoms with Gasteiger partial charge in [0.2, 0.25) is 11.9 Å². The number of carbonyl (C=O) groups excluding carboxylic acids is 2. The number of hydrogen-bond donors (Lipinski definition) is 4. The highest BCUT2D eigenvalue weighted by Gasteiger charge is 2.27. The molecule has 1 saturated carbocycles. The van der Waals surface area contributed by atoms with Crippen molar-refractivity contribution in [1.82, 2.24) is 9.97 Å². The summed E-state index contributed by atoms with van der Waals surface area (Å²) in [5.41, 5.74) is 9.87. The lowest BCUT2D eigenvalue weighted by Gasteiger charge is -2.10. The normalized spacial score (nSPS) is 14.9. The van der Waals surface area contributed by atoms with Crippen molar-refractivity contribution in [3.8, 4) is 11.3 Å². The van der Waals surface area contributed by atoms with Gasteiger partial charge >= 0.3 is 0 Å². The van der Waals surface area contributed by atoms with Gasteiger partial charge in [-0.1, -0.05) is 18.2 Å². The standard InChI is InChI=1S/C24H21N7O2S/c25-21(13-5-6-13)34-23(26)31-22(33)14-7-9-16(10-8-14)28-24-27-12-15-11-19(32)29-18-4-2-1-3-17(18)20(15)30-24/h1-4,7-10,12-13,25H,5-6,11H2,(H,29,32)(H2,26,31,33)(H,27,28,30). The Morgan fingerprint density at radius 3 is 2.71 bits per heavy atom. The zero-order chi connectivity index (χ0) is 23.7. The fraction of sp³-hybridized carbons (Fsp3) is 0.167. The molecule has 1 aliphatic carbocycles. The molecular formula is C24H21N7O2S. The maximum Gasteiger partial charge on any atom is 0.279 e. The van der Waals surface area contributed by atoms with Gasteiger partial charge in [-0.25, -0.2) is 9.97 Å². The molecule has 3 aromatic rings. The zero-order valence-corrected chi connectivity index (χ0v) is 18.9. The number of amides is 2. The monoisotopic (exact) mass is 471 g/mol. The van der Waals surface area contributed by atoms with Crippen LogP contribution >= 0.6 is 11.8 Å². The second kappa shape index (κ2) is 9.06. The second-order valence-corrected chi connectivity index (χ2v) is 9.10. The third kappa shape index (κ3) is 4.81. The van der Waals surface area contributed by atoms with Crippen LogP contribution in [0.15, 0.2) is 59.7 Å². The minimum absolute atomic E-state index is 0.0794. The molecular weight excluding hydrogens is 450 g/mol. The van der Waals surface area contributed by atoms with Crippen LogP contribution in [0.4, 0.5) is 17.3 Å². The number of amidine groups is 1. The summed E-state index contributed by atoms with van der Waals surface area (Å²) in [5, 5.41) is 14.5. The smallest absolute Gasteiger partial charge is 0.279 e. The third-order valence-corrected chi connectivity index (χ3v) is 6.29. The van der Waals surface area contributed by atoms with E-state index in [1.165, 1.54) is 0 Å². The number of aromatic nitrogens is 2. The Balaban J connectivity index is 1.31. The lowest BCUT2D eigenvalue weighted by molar-refractivity contribution is -0.115. The van der Waals surface area contributed by atoms with E-state index in [-0.39, 0.29) is 23.4 Å². The van der Waals surface area contributed by atoms with Crippen molar-refractivity contribution in [2.24, 2.45) is 16.6 Å². The van der Waals surface area contributed by atoms with Gasteiger partial charge < -0.3 is 16.4 Å². The number of rotatable bonds is 4. The van der Waals surface area contributed by atoms with E-state index in [1.54, 1.807) is 30.5 Å². The van der Waals surface area contributed by atoms with Crippen molar-refractivity contribution in [3.63, 3.8) is 0 Å². The molecule has 5 N–H and O–H groups in total. The molecule has 0 bridgehead atoms. The van der Waals surface area contributed by atoms with Crippen LogP contribution in [0.2, 0.25) is 0 Å². The van der Waals surface area contributed by atoms with Crippen LogP contribution in [0.5, 0.6) is 0 Å². The molecule has 2 amide bonds. The molecule has 1 aliphatic heterocycles. The molecule has 1 fully saturated rings. The highest BCUT2D eigenvalue weighted by molar-refractivity contribution is 8.26. The van der Waals surface area contributed by atoms with Gasteiger partial charge in [0.15, 0.2) is 5.17 Å². The number of carbonyl (C=O) groups is 2. The summed E-state index contributed by atoms with van der Waals surface area (Å²) in [6.07, 6.45) is 3.84. The maximum absolute atomic E-state index is 12.4. The second-order valence-electron chi connectivity index (χ2n) is 8.04. The number of aliphatic imine (C=N–C) groups is 1. The average molecular weight is 472 g/mol. The van der Waals surface area contributed by atoms with Crippen LogP contribution in [-0.2, 0) is 11.2 Å². The number of benzene rings is 2. The minimum Gasteiger partial charge on any atom is -0.378 e. The van der Waals surface area contributed by atoms with Crippen molar-refractivity contribution in [3.05, 3.63) is 65.9 Å². The number of para-hydroxylation sites is 1. The third-order valence-electron chi connectivity index (χ3n) is 5.43. The van der Waals surface area contributed by atoms with Gasteiger partial charge in [0, 0.05) is 34.5 Å². The maximum atomic E-state index is 12.4. The van der Waals surface area contributed by atoms with Crippen molar-refractivity contribution >= 4 is 51.1 Å². The highest BCUT2D eigenvalue weighted by atomic mass is 32.2. The largest absolute Gasteiger partial charge is 0.378 e. The van der Waals surface area contributed by atoms with Gasteiger partial charge in [0.1, 0.15) is 0 Å². The molecule has 0 atom stereocenters. The molecule has 0 saturated heterocycles. The van der Waals surface area contributed by atoms with Crippen LogP contribution in [0.1, 0.15) is 28.8 Å². The summed E-state index contributed by atoms with van der Waals surface area (Å²) >= 11 is 1.04. The summed E-state index contributed by atoms with van der Waals surface area (Å²) in [6, 6.07) is 14.2. The van der Waals surface area contributed by atoms with E-state index in [2.05, 4.69) is 25.6 Å². The Bertz CT molecular complexity index is 1330. The molecule has 2 aromatic carbocycles. The van der Waals surface area contributed by atoms with E-state index in [0.717, 1.165) is 35.7 Å². The van der Waals surface area contributed by atoms with Crippen LogP contribution < -0.4 is 16.4 Å². The predicted molar refractivity (Wildman–Crippen MR) is 134 cm³/mol. The van der Waals surface area contributed by atoms with Gasteiger partial charge in [0.25, 0.3) is 5.91 Å². The molecule has 170 valence electrons. The Hall–Kier alpha value is -4.05. The SMILES string of the molecule is N=C(SC(N)=NC(=O)c1ccc(Nc2ncc3c(n2)-c2ccccc2NC(=O)C3)cc1)C1CC1. The fourth-order valence-electron chi connectivity index (χ4n) is 3.55. The highest BCUT2D eigenvalue weighted by Crippen LogP contribution is 2.34. The van der Waals surface area contributed by atoms with Gasteiger partial charge in [-0.05, 0) is 54.9 Å². The molecule has 5 rings (SSSR count). The number of thioether (sulfide) groups is 1. The van der Waals surface area contributed by atoms with Crippen molar-refractivity contribution < 1.29 is 9.59 Å². The van der Waals surface area contributed by atoms with Crippen LogP contribution in [0.3, 0.4) is 0 Å². The molecule has 0 radical (unpaired) electrons. The molecule has 34 heavy (non-hydrogen) atoms. The number of fused-ring (bicyclic) bond motifs is 3. The number of hydrogen-bond acceptors (Lipinski definition) is 7. The summed E-state index contributed by atoms with van der Waals surface area (Å²) in [5.74, 6) is 0.0657. The molecule has 10 heteroatoms. The van der Waals surface area contributed by atoms with Crippen LogP contribution in [0, 0.1) is 11.3 Å². The predicted octanol–water partition coefficient (Wildman–Crippen LogP) is 3.96. The van der Waals surface area contributed by atoms with E-state index < -0.39 is 5.91 Å². The quantitative estimate of drug-likeness (QED) is 0.333. The van der Waals surface area contributed by atoms with Gasteiger partial charge in [-0.3, -0.25) is 15.0 Å². The first-order valence-corrected chi connectivity index (χ1v) is 11.5. The lowest BCUT2D eigenvalue weighted by atomic mass is 10.1. The summed E-state index contributed by atoms with van der Waals surface area (Å²) in [6.45, 7) is 0. The number of nitrogens with two attached hydrogens (primary N) is 1. The Kier molecular flexibility index (Phi) is 5.81. The summed E-state index contributed by atoms with van der Waals surface area (Å²) < 4.78 is 0. The minimum atomic E-state index is -0.463. The Morgan fingerprint density at radius 1 is 1.18 bits per heavy atom. The molecule has 0 spiro atoms. The molecule has 1 aromatic heterocycles. The number of nitrogens with one attached hydrogen (secondary N) is 3. The molecule has 2 aliphatic rings. The number of anilines is 3. The average Bonchev–Trinajstić information content (AvgIpc) is 3.67. The van der Waals surface area contributed by atoms with Gasteiger partial charge in [0.05, 0.1) is 22.8 Å². The van der Waals surface area contributed by atoms with E-state index >= 15 is 0 Å². The first-order valence-electron chi connectivity index (χ1n) is 10.7. The first kappa shape index (κ1) is 21.8. The van der Waals surface area contributed by atoms with E-state index in [1.807, 2.05) is 24.3 Å². The number of nitrogens with zero attached hydrogens (tertiary/aromatic N) is 3. The molecule has 9 nitrogen and oxygen atoms in total. The fourth-order valence-corrected chi connectivity index (χ4v) is 4.31. The van der Waals surface area contributed by atoms with Crippen molar-refractivity contribution in [1.29, 1.82) is 5.41 Å². The zero-order valence-electron chi connectivity index (χ0n) is 18.0. The molecule has 2 heterocycles. The lowest BCUT2D eigenvalue weighted by Crippen LogP contribution is -2.13. The first-order chi connectivity index (χ1) is 16.5. The molecule has 0 unspecified atom stereocenters. The Morgan fingerprint density at radius 2 is 1.94 bits per heavy atom. The van der Waals surface area contributed by atoms with E-state index in [0.29, 0.717) is 33.6 Å². The Labute approximate surface area is 199 Å². The van der Waals surface area contributed by atoms with E-state index in [4.69, 9.17) is 11.1 Å². The summed E-state index contributed by atoms with van der Waals surface area (Å²) in [7, 11) is 0. The van der Waals surface area contributed by atoms with Crippen molar-refractivity contribution in [2.75, 3.05) is 10.6 Å². The summed E-state index contributed by atoms with van der Waals surface area (Å²) in [4.78, 5) is 37.5.